The molecule has 1 aliphatic rings. The minimum absolute atomic E-state index is 0.0251. The van der Waals surface area contributed by atoms with Gasteiger partial charge in [-0.1, -0.05) is 6.07 Å². The van der Waals surface area contributed by atoms with Crippen LogP contribution in [0.25, 0.3) is 16.7 Å². The lowest BCUT2D eigenvalue weighted by Crippen LogP contribution is -2.37. The number of hydrogen-bond donors (Lipinski definition) is 2. The third-order valence-electron chi connectivity index (χ3n) is 5.60. The highest BCUT2D eigenvalue weighted by atomic mass is 16.5. The molecule has 164 valence electrons. The zero-order valence-corrected chi connectivity index (χ0v) is 17.8. The molecule has 9 heteroatoms. The first kappa shape index (κ1) is 21.2. The maximum Gasteiger partial charge on any atom is 0.267 e. The van der Waals surface area contributed by atoms with Crippen LogP contribution >= 0.6 is 0 Å². The summed E-state index contributed by atoms with van der Waals surface area (Å²) in [5.74, 6) is -0.391. The fourth-order valence-electron chi connectivity index (χ4n) is 3.95. The van der Waals surface area contributed by atoms with Gasteiger partial charge in [-0.05, 0) is 43.9 Å². The van der Waals surface area contributed by atoms with Crippen LogP contribution in [0.5, 0.6) is 0 Å². The number of aromatic nitrogens is 3. The van der Waals surface area contributed by atoms with Crippen LogP contribution in [0.2, 0.25) is 0 Å². The summed E-state index contributed by atoms with van der Waals surface area (Å²) in [5, 5.41) is 11.9. The van der Waals surface area contributed by atoms with Crippen molar-refractivity contribution in [2.75, 3.05) is 26.9 Å². The number of nitrogens with zero attached hydrogens (tertiary/aromatic N) is 3. The Bertz CT molecular complexity index is 1240. The van der Waals surface area contributed by atoms with E-state index in [2.05, 4.69) is 5.32 Å². The molecule has 0 saturated carbocycles. The van der Waals surface area contributed by atoms with Gasteiger partial charge in [0.1, 0.15) is 16.8 Å². The van der Waals surface area contributed by atoms with Crippen molar-refractivity contribution in [2.45, 2.75) is 38.8 Å². The molecule has 2 N–H and O–H groups in total. The molecule has 0 bridgehead atoms. The van der Waals surface area contributed by atoms with E-state index in [4.69, 9.17) is 19.9 Å². The Hall–Kier alpha value is -3.04. The van der Waals surface area contributed by atoms with Crippen molar-refractivity contribution >= 4 is 22.6 Å². The molecule has 4 rings (SSSR count). The van der Waals surface area contributed by atoms with Crippen LogP contribution in [0.15, 0.2) is 29.2 Å². The number of amides is 1. The van der Waals surface area contributed by atoms with Gasteiger partial charge in [0.2, 0.25) is 0 Å². The summed E-state index contributed by atoms with van der Waals surface area (Å²) in [7, 11) is 1.60. The van der Waals surface area contributed by atoms with Crippen molar-refractivity contribution < 1.29 is 14.3 Å². The van der Waals surface area contributed by atoms with Crippen LogP contribution in [0.4, 0.5) is 0 Å². The second kappa shape index (κ2) is 8.99. The van der Waals surface area contributed by atoms with E-state index in [9.17, 15) is 9.59 Å². The third kappa shape index (κ3) is 4.11. The SMILES string of the molecule is COCCCNC(=O)c1cc2c(=O)n3cccc(C)c3nc2n(CC2CCCO2)c1=N. The lowest BCUT2D eigenvalue weighted by Gasteiger charge is -2.18. The number of fused-ring (bicyclic) bond motifs is 2. The Kier molecular flexibility index (Phi) is 6.15. The first-order valence-electron chi connectivity index (χ1n) is 10.5. The predicted octanol–water partition coefficient (Wildman–Crippen LogP) is 1.38. The third-order valence-corrected chi connectivity index (χ3v) is 5.60. The highest BCUT2D eigenvalue weighted by molar-refractivity contribution is 5.96. The average molecular weight is 425 g/mol. The van der Waals surface area contributed by atoms with E-state index in [1.807, 2.05) is 13.0 Å². The maximum absolute atomic E-state index is 13.3. The molecule has 1 amide bonds. The van der Waals surface area contributed by atoms with Crippen LogP contribution in [-0.4, -0.2) is 52.8 Å². The largest absolute Gasteiger partial charge is 0.385 e. The molecule has 0 aromatic carbocycles. The minimum Gasteiger partial charge on any atom is -0.385 e. The van der Waals surface area contributed by atoms with Crippen molar-refractivity contribution in [2.24, 2.45) is 0 Å². The smallest absolute Gasteiger partial charge is 0.267 e. The van der Waals surface area contributed by atoms with Gasteiger partial charge in [0, 0.05) is 33.1 Å². The van der Waals surface area contributed by atoms with Crippen LogP contribution in [0.1, 0.15) is 35.2 Å². The van der Waals surface area contributed by atoms with Crippen molar-refractivity contribution in [1.82, 2.24) is 19.3 Å². The van der Waals surface area contributed by atoms with E-state index >= 15 is 0 Å². The maximum atomic E-state index is 13.3. The van der Waals surface area contributed by atoms with E-state index in [-0.39, 0.29) is 22.7 Å². The molecule has 1 fully saturated rings. The molecule has 3 aromatic rings. The predicted molar refractivity (Wildman–Crippen MR) is 115 cm³/mol. The Balaban J connectivity index is 1.88. The number of hydrogen-bond acceptors (Lipinski definition) is 6. The highest BCUT2D eigenvalue weighted by Crippen LogP contribution is 2.17. The van der Waals surface area contributed by atoms with Gasteiger partial charge in [-0.15, -0.1) is 0 Å². The van der Waals surface area contributed by atoms with E-state index in [1.165, 1.54) is 10.5 Å². The Labute approximate surface area is 179 Å². The highest BCUT2D eigenvalue weighted by Gasteiger charge is 2.22. The van der Waals surface area contributed by atoms with Crippen LogP contribution in [-0.2, 0) is 16.0 Å². The summed E-state index contributed by atoms with van der Waals surface area (Å²) in [6.07, 6.45) is 4.07. The minimum atomic E-state index is -0.391. The van der Waals surface area contributed by atoms with Crippen LogP contribution in [0, 0.1) is 12.3 Å². The average Bonchev–Trinajstić information content (AvgIpc) is 3.27. The summed E-state index contributed by atoms with van der Waals surface area (Å²) >= 11 is 0. The van der Waals surface area contributed by atoms with Gasteiger partial charge in [0.25, 0.3) is 11.5 Å². The van der Waals surface area contributed by atoms with E-state index in [1.54, 1.807) is 23.9 Å². The van der Waals surface area contributed by atoms with Gasteiger partial charge in [0.05, 0.1) is 23.6 Å². The van der Waals surface area contributed by atoms with E-state index < -0.39 is 5.91 Å². The zero-order valence-electron chi connectivity index (χ0n) is 17.8. The van der Waals surface area contributed by atoms with Gasteiger partial charge in [0.15, 0.2) is 0 Å². The Morgan fingerprint density at radius 2 is 2.26 bits per heavy atom. The second-order valence-corrected chi connectivity index (χ2v) is 7.79. The van der Waals surface area contributed by atoms with Gasteiger partial charge in [-0.25, -0.2) is 4.98 Å². The number of carbonyl (C=O) groups excluding carboxylic acids is 1. The summed E-state index contributed by atoms with van der Waals surface area (Å²) in [5.41, 5.74) is 1.70. The van der Waals surface area contributed by atoms with Gasteiger partial charge in [-0.3, -0.25) is 19.4 Å². The Morgan fingerprint density at radius 1 is 1.42 bits per heavy atom. The van der Waals surface area contributed by atoms with Gasteiger partial charge < -0.3 is 19.4 Å². The molecule has 0 aliphatic carbocycles. The molecule has 4 heterocycles. The molecule has 1 atom stereocenters. The van der Waals surface area contributed by atoms with Crippen molar-refractivity contribution in [1.29, 1.82) is 5.41 Å². The van der Waals surface area contributed by atoms with Gasteiger partial charge >= 0.3 is 0 Å². The van der Waals surface area contributed by atoms with Crippen molar-refractivity contribution in [3.8, 4) is 0 Å². The molecule has 31 heavy (non-hydrogen) atoms. The molecule has 1 aliphatic heterocycles. The quantitative estimate of drug-likeness (QED) is 0.439. The summed E-state index contributed by atoms with van der Waals surface area (Å²) in [6.45, 7) is 3.88. The Morgan fingerprint density at radius 3 is 3.00 bits per heavy atom. The monoisotopic (exact) mass is 425 g/mol. The number of pyridine rings is 2. The summed E-state index contributed by atoms with van der Waals surface area (Å²) in [6, 6.07) is 5.17. The summed E-state index contributed by atoms with van der Waals surface area (Å²) in [4.78, 5) is 30.9. The molecular formula is C22H27N5O4. The topological polar surface area (TPSA) is 111 Å². The van der Waals surface area contributed by atoms with E-state index in [0.29, 0.717) is 49.4 Å². The molecular weight excluding hydrogens is 398 g/mol. The first-order chi connectivity index (χ1) is 15.0. The number of rotatable bonds is 7. The van der Waals surface area contributed by atoms with Crippen molar-refractivity contribution in [3.63, 3.8) is 0 Å². The van der Waals surface area contributed by atoms with Gasteiger partial charge in [-0.2, -0.15) is 0 Å². The number of methoxy groups -OCH3 is 1. The van der Waals surface area contributed by atoms with E-state index in [0.717, 1.165) is 18.4 Å². The second-order valence-electron chi connectivity index (χ2n) is 7.79. The zero-order chi connectivity index (χ0) is 22.0. The number of carbonyl (C=O) groups is 1. The number of ether oxygens (including phenoxy) is 2. The molecule has 1 unspecified atom stereocenters. The molecule has 1 saturated heterocycles. The molecule has 9 nitrogen and oxygen atoms in total. The lowest BCUT2D eigenvalue weighted by atomic mass is 10.1. The first-order valence-corrected chi connectivity index (χ1v) is 10.5. The van der Waals surface area contributed by atoms with Crippen molar-refractivity contribution in [3.05, 3.63) is 51.4 Å². The standard InChI is InChI=1S/C22H27N5O4/c1-14-6-3-9-26-19(14)25-20-17(22(26)29)12-16(21(28)24-8-5-10-30-2)18(23)27(20)13-15-7-4-11-31-15/h3,6,9,12,15,23H,4-5,7-8,10-11,13H2,1-2H3,(H,24,28). The summed E-state index contributed by atoms with van der Waals surface area (Å²) < 4.78 is 13.9. The fraction of sp³-hybridized carbons (Fsp3) is 0.455. The fourth-order valence-corrected chi connectivity index (χ4v) is 3.95. The molecule has 0 spiro atoms. The lowest BCUT2D eigenvalue weighted by molar-refractivity contribution is 0.0929. The number of aryl methyl sites for hydroxylation is 1. The normalized spacial score (nSPS) is 16.3. The van der Waals surface area contributed by atoms with Crippen LogP contribution < -0.4 is 16.4 Å². The van der Waals surface area contributed by atoms with Crippen LogP contribution in [0.3, 0.4) is 0 Å². The molecule has 0 radical (unpaired) electrons. The molecule has 3 aromatic heterocycles. The number of nitrogens with one attached hydrogen (secondary N) is 2.